The Hall–Kier alpha value is -5.37. The highest BCUT2D eigenvalue weighted by molar-refractivity contribution is 7.19. The second-order valence-electron chi connectivity index (χ2n) is 8.45. The number of carbonyl (C=O) groups excluding carboxylic acids is 2. The minimum atomic E-state index is -1.00. The Balaban J connectivity index is 1.31. The average molecular weight is 578 g/mol. The molecule has 0 unspecified atom stereocenters. The summed E-state index contributed by atoms with van der Waals surface area (Å²) in [6.45, 7) is 0.304. The summed E-state index contributed by atoms with van der Waals surface area (Å²) in [6, 6.07) is 16.7. The summed E-state index contributed by atoms with van der Waals surface area (Å²) in [5.74, 6) is -2.52. The van der Waals surface area contributed by atoms with E-state index >= 15 is 0 Å². The van der Waals surface area contributed by atoms with Crippen LogP contribution in [0, 0.1) is 11.6 Å². The van der Waals surface area contributed by atoms with Gasteiger partial charge in [-0.05, 0) is 29.8 Å². The highest BCUT2D eigenvalue weighted by atomic mass is 32.1. The van der Waals surface area contributed by atoms with Crippen molar-refractivity contribution in [3.05, 3.63) is 89.5 Å². The SMILES string of the molecule is COc1cccc(C(=O)Nc2cc(-c3noc(-c4sc(NC(=O)NCc5ccccc5)nc4N)n3)c(F)cc2F)c1. The van der Waals surface area contributed by atoms with Crippen molar-refractivity contribution in [2.45, 2.75) is 6.54 Å². The molecule has 208 valence electrons. The van der Waals surface area contributed by atoms with E-state index in [0.717, 1.165) is 23.0 Å². The Bertz CT molecular complexity index is 1730. The number of nitrogens with one attached hydrogen (secondary N) is 3. The number of amides is 3. The topological polar surface area (TPSA) is 157 Å². The van der Waals surface area contributed by atoms with Crippen LogP contribution < -0.4 is 26.4 Å². The molecule has 0 saturated carbocycles. The Labute approximate surface area is 235 Å². The standard InChI is InChI=1S/C27H21F2N7O4S/c1-39-16-9-5-8-15(10-16)24(37)32-20-11-17(18(28)12-19(20)29)23-34-25(40-36-23)21-22(30)33-27(41-21)35-26(38)31-13-14-6-3-2-4-7-14/h2-12H,13,30H2,1H3,(H,32,37)(H2,31,33,35,38). The third-order valence-electron chi connectivity index (χ3n) is 5.67. The number of nitrogens with two attached hydrogens (primary N) is 1. The van der Waals surface area contributed by atoms with Gasteiger partial charge in [-0.3, -0.25) is 10.1 Å². The number of ether oxygens (including phenoxy) is 1. The fourth-order valence-electron chi connectivity index (χ4n) is 3.66. The molecule has 5 aromatic rings. The van der Waals surface area contributed by atoms with Gasteiger partial charge < -0.3 is 25.6 Å². The Kier molecular flexibility index (Phi) is 7.83. The summed E-state index contributed by atoms with van der Waals surface area (Å²) in [4.78, 5) is 33.4. The molecule has 2 aromatic heterocycles. The minimum Gasteiger partial charge on any atom is -0.497 e. The summed E-state index contributed by atoms with van der Waals surface area (Å²) in [5, 5.41) is 11.6. The van der Waals surface area contributed by atoms with Crippen molar-refractivity contribution in [1.82, 2.24) is 20.4 Å². The fourth-order valence-corrected chi connectivity index (χ4v) is 4.46. The molecule has 41 heavy (non-hydrogen) atoms. The van der Waals surface area contributed by atoms with Crippen molar-refractivity contribution < 1.29 is 27.6 Å². The van der Waals surface area contributed by atoms with Gasteiger partial charge >= 0.3 is 6.03 Å². The van der Waals surface area contributed by atoms with Crippen molar-refractivity contribution in [2.24, 2.45) is 0 Å². The van der Waals surface area contributed by atoms with Gasteiger partial charge in [0.05, 0.1) is 18.4 Å². The van der Waals surface area contributed by atoms with Crippen LogP contribution in [0.3, 0.4) is 0 Å². The van der Waals surface area contributed by atoms with E-state index in [4.69, 9.17) is 15.0 Å². The van der Waals surface area contributed by atoms with E-state index in [1.807, 2.05) is 30.3 Å². The van der Waals surface area contributed by atoms with Crippen molar-refractivity contribution in [3.8, 4) is 27.9 Å². The number of nitrogen functional groups attached to an aromatic ring is 1. The first-order valence-corrected chi connectivity index (χ1v) is 12.8. The number of nitrogens with zero attached hydrogens (tertiary/aromatic N) is 3. The second kappa shape index (κ2) is 11.8. The number of carbonyl (C=O) groups is 2. The zero-order valence-electron chi connectivity index (χ0n) is 21.3. The first-order chi connectivity index (χ1) is 19.8. The molecular weight excluding hydrogens is 556 g/mol. The number of methoxy groups -OCH3 is 1. The molecule has 11 nitrogen and oxygen atoms in total. The van der Waals surface area contributed by atoms with Crippen LogP contribution in [0.15, 0.2) is 71.3 Å². The third kappa shape index (κ3) is 6.28. The van der Waals surface area contributed by atoms with Crippen LogP contribution >= 0.6 is 11.3 Å². The maximum atomic E-state index is 14.7. The summed E-state index contributed by atoms with van der Waals surface area (Å²) in [7, 11) is 1.45. The van der Waals surface area contributed by atoms with E-state index in [9.17, 15) is 18.4 Å². The van der Waals surface area contributed by atoms with E-state index in [-0.39, 0.29) is 44.4 Å². The highest BCUT2D eigenvalue weighted by Crippen LogP contribution is 2.35. The average Bonchev–Trinajstić information content (AvgIpc) is 3.60. The molecule has 0 bridgehead atoms. The Morgan fingerprint density at radius 2 is 1.80 bits per heavy atom. The van der Waals surface area contributed by atoms with Gasteiger partial charge in [0.15, 0.2) is 5.13 Å². The van der Waals surface area contributed by atoms with Gasteiger partial charge in [-0.1, -0.05) is 52.9 Å². The lowest BCUT2D eigenvalue weighted by Crippen LogP contribution is -2.28. The maximum absolute atomic E-state index is 14.7. The number of rotatable bonds is 8. The number of urea groups is 1. The molecule has 5 rings (SSSR count). The molecule has 3 aromatic carbocycles. The number of aromatic nitrogens is 3. The van der Waals surface area contributed by atoms with Crippen LogP contribution in [0.2, 0.25) is 0 Å². The quantitative estimate of drug-likeness (QED) is 0.193. The summed E-state index contributed by atoms with van der Waals surface area (Å²) < 4.78 is 39.6. The molecule has 3 amide bonds. The first kappa shape index (κ1) is 27.2. The lowest BCUT2D eigenvalue weighted by Gasteiger charge is -2.09. The van der Waals surface area contributed by atoms with Gasteiger partial charge in [0.25, 0.3) is 11.8 Å². The first-order valence-electron chi connectivity index (χ1n) is 11.9. The Morgan fingerprint density at radius 1 is 1.00 bits per heavy atom. The molecule has 0 aliphatic heterocycles. The van der Waals surface area contributed by atoms with E-state index in [1.54, 1.807) is 12.1 Å². The van der Waals surface area contributed by atoms with Gasteiger partial charge in [0, 0.05) is 18.2 Å². The molecule has 2 heterocycles. The molecule has 0 radical (unpaired) electrons. The number of anilines is 3. The van der Waals surface area contributed by atoms with E-state index in [0.29, 0.717) is 18.4 Å². The number of hydrogen-bond donors (Lipinski definition) is 4. The molecular formula is C27H21F2N7O4S. The normalized spacial score (nSPS) is 10.7. The zero-order valence-corrected chi connectivity index (χ0v) is 22.1. The van der Waals surface area contributed by atoms with Gasteiger partial charge in [-0.15, -0.1) is 0 Å². The van der Waals surface area contributed by atoms with Crippen LogP contribution in [0.1, 0.15) is 15.9 Å². The van der Waals surface area contributed by atoms with Crippen LogP contribution in [0.5, 0.6) is 5.75 Å². The number of thiazole rings is 1. The second-order valence-corrected chi connectivity index (χ2v) is 9.45. The van der Waals surface area contributed by atoms with Crippen LogP contribution in [-0.4, -0.2) is 34.2 Å². The zero-order chi connectivity index (χ0) is 28.9. The van der Waals surface area contributed by atoms with Gasteiger partial charge in [-0.2, -0.15) is 4.98 Å². The van der Waals surface area contributed by atoms with E-state index in [2.05, 4.69) is 31.1 Å². The fraction of sp³-hybridized carbons (Fsp3) is 0.0741. The molecule has 0 aliphatic carbocycles. The maximum Gasteiger partial charge on any atom is 0.321 e. The van der Waals surface area contributed by atoms with Crippen LogP contribution in [-0.2, 0) is 6.54 Å². The molecule has 0 atom stereocenters. The predicted molar refractivity (Wildman–Crippen MR) is 148 cm³/mol. The predicted octanol–water partition coefficient (Wildman–Crippen LogP) is 5.30. The summed E-state index contributed by atoms with van der Waals surface area (Å²) >= 11 is 0.965. The van der Waals surface area contributed by atoms with E-state index < -0.39 is 23.6 Å². The van der Waals surface area contributed by atoms with Crippen molar-refractivity contribution in [1.29, 1.82) is 0 Å². The van der Waals surface area contributed by atoms with Crippen LogP contribution in [0.4, 0.5) is 30.2 Å². The molecule has 0 fully saturated rings. The monoisotopic (exact) mass is 577 g/mol. The number of halogens is 2. The third-order valence-corrected chi connectivity index (χ3v) is 6.64. The van der Waals surface area contributed by atoms with Crippen molar-refractivity contribution in [3.63, 3.8) is 0 Å². The Morgan fingerprint density at radius 3 is 2.59 bits per heavy atom. The summed E-state index contributed by atoms with van der Waals surface area (Å²) in [5.41, 5.74) is 6.57. The van der Waals surface area contributed by atoms with Crippen molar-refractivity contribution in [2.75, 3.05) is 23.5 Å². The molecule has 0 spiro atoms. The molecule has 0 aliphatic rings. The largest absolute Gasteiger partial charge is 0.497 e. The summed E-state index contributed by atoms with van der Waals surface area (Å²) in [6.07, 6.45) is 0. The smallest absolute Gasteiger partial charge is 0.321 e. The number of benzene rings is 3. The van der Waals surface area contributed by atoms with E-state index in [1.165, 1.54) is 19.2 Å². The van der Waals surface area contributed by atoms with Gasteiger partial charge in [-0.25, -0.2) is 18.6 Å². The highest BCUT2D eigenvalue weighted by Gasteiger charge is 2.22. The number of hydrogen-bond acceptors (Lipinski definition) is 9. The lowest BCUT2D eigenvalue weighted by molar-refractivity contribution is 0.102. The molecule has 0 saturated heterocycles. The van der Waals surface area contributed by atoms with Gasteiger partial charge in [0.2, 0.25) is 5.82 Å². The molecule has 14 heteroatoms. The lowest BCUT2D eigenvalue weighted by atomic mass is 10.1. The van der Waals surface area contributed by atoms with Gasteiger partial charge in [0.1, 0.15) is 28.1 Å². The molecule has 5 N–H and O–H groups in total. The van der Waals surface area contributed by atoms with Crippen LogP contribution in [0.25, 0.3) is 22.2 Å². The van der Waals surface area contributed by atoms with Crippen molar-refractivity contribution >= 4 is 39.9 Å². The minimum absolute atomic E-state index is 0.00520.